The van der Waals surface area contributed by atoms with E-state index in [1.807, 2.05) is 128 Å². The molecule has 0 aliphatic carbocycles. The van der Waals surface area contributed by atoms with E-state index in [0.29, 0.717) is 73.2 Å². The zero-order valence-corrected chi connectivity index (χ0v) is 52.5. The summed E-state index contributed by atoms with van der Waals surface area (Å²) in [7, 11) is -9.52. The number of hydrogen-bond donors (Lipinski definition) is 2. The number of sulfone groups is 1. The maximum Gasteiger partial charge on any atom is 0.311 e. The van der Waals surface area contributed by atoms with Crippen molar-refractivity contribution in [3.63, 3.8) is 0 Å². The molecule has 0 amide bonds. The number of ether oxygens (including phenoxy) is 6. The van der Waals surface area contributed by atoms with E-state index in [2.05, 4.69) is 15.4 Å². The molecule has 0 saturated heterocycles. The molecule has 0 saturated carbocycles. The summed E-state index contributed by atoms with van der Waals surface area (Å²) in [5, 5.41) is 22.5. The second-order valence-corrected chi connectivity index (χ2v) is 27.8. The lowest BCUT2D eigenvalue weighted by Crippen LogP contribution is -2.26. The van der Waals surface area contributed by atoms with Crippen LogP contribution in [0.25, 0.3) is 11.1 Å². The Hall–Kier alpha value is -8.69. The predicted octanol–water partition coefficient (Wildman–Crippen LogP) is 16.0. The maximum atomic E-state index is 14.6. The average molecular weight is 1310 g/mol. The highest BCUT2D eigenvalue weighted by Crippen LogP contribution is 2.55. The Kier molecular flexibility index (Phi) is 20.1. The summed E-state index contributed by atoms with van der Waals surface area (Å²) in [6, 6.07) is 65.0. The minimum absolute atomic E-state index is 0.0265. The van der Waals surface area contributed by atoms with Crippen LogP contribution in [-0.2, 0) is 33.9 Å². The summed E-state index contributed by atoms with van der Waals surface area (Å²) in [5.41, 5.74) is 3.70. The Morgan fingerprint density at radius 2 is 1.07 bits per heavy atom. The molecule has 0 bridgehead atoms. The van der Waals surface area contributed by atoms with Crippen LogP contribution in [0, 0.1) is 25.2 Å². The zero-order valence-electron chi connectivity index (χ0n) is 47.5. The normalized spacial score (nSPS) is 13.2. The fraction of sp³-hybridized carbons (Fsp3) is 0.0758. The molecule has 1 atom stereocenters. The fourth-order valence-electron chi connectivity index (χ4n) is 9.01. The smallest absolute Gasteiger partial charge is 0.311 e. The molecule has 452 valence electrons. The molecule has 10 aromatic rings. The van der Waals surface area contributed by atoms with E-state index in [1.54, 1.807) is 93.6 Å². The van der Waals surface area contributed by atoms with Crippen LogP contribution in [0.4, 0.5) is 0 Å². The Balaban J connectivity index is 0.000000198. The summed E-state index contributed by atoms with van der Waals surface area (Å²) in [5.74, 6) is 4.02. The zero-order chi connectivity index (χ0) is 62.7. The molecule has 10 aromatic carbocycles. The number of hydrogen-bond acceptors (Lipinski definition) is 19. The third-order valence-electron chi connectivity index (χ3n) is 13.5. The van der Waals surface area contributed by atoms with E-state index in [4.69, 9.17) is 38.2 Å². The lowest BCUT2D eigenvalue weighted by Gasteiger charge is -2.29. The van der Waals surface area contributed by atoms with Crippen LogP contribution in [0.5, 0.6) is 51.7 Å². The number of para-hydroxylation sites is 1. The molecule has 0 spiro atoms. The second kappa shape index (κ2) is 28.2. The Morgan fingerprint density at radius 3 is 1.67 bits per heavy atom. The first-order valence-electron chi connectivity index (χ1n) is 26.7. The molecule has 89 heavy (non-hydrogen) atoms. The minimum Gasteiger partial charge on any atom is -0.497 e. The SMILES string of the molecule is COc1ccc(Sc2ccc(OCOc3ccc(OC)c(P4(=O)Oc5ccccc5-c5ccccc54)c3)cc2)cc1.Cc1ccc(S(=O)(=O)c2ccc(Oc3ccc(Sc4ccc(Oc5cccc(C)c5C#N)cc4)cc3)c(S(=O)(=O)O)c2)cc1SOOO. The highest BCUT2D eigenvalue weighted by atomic mass is 32.2. The monoisotopic (exact) mass is 1310 g/mol. The van der Waals surface area contributed by atoms with Crippen LogP contribution in [0.15, 0.2) is 258 Å². The van der Waals surface area contributed by atoms with Crippen LogP contribution in [0.3, 0.4) is 0 Å². The summed E-state index contributed by atoms with van der Waals surface area (Å²) in [6.07, 6.45) is 0. The van der Waals surface area contributed by atoms with Crippen molar-refractivity contribution in [1.82, 2.24) is 0 Å². The van der Waals surface area contributed by atoms with Crippen molar-refractivity contribution in [2.45, 2.75) is 53.0 Å². The largest absolute Gasteiger partial charge is 0.497 e. The third-order valence-corrected chi connectivity index (χ3v) is 21.3. The molecule has 1 aliphatic rings. The van der Waals surface area contributed by atoms with Gasteiger partial charge < -0.3 is 32.9 Å². The summed E-state index contributed by atoms with van der Waals surface area (Å²) in [6.45, 7) is 3.50. The summed E-state index contributed by atoms with van der Waals surface area (Å²) >= 11 is 3.68. The number of rotatable bonds is 21. The van der Waals surface area contributed by atoms with Gasteiger partial charge in [0.1, 0.15) is 62.7 Å². The molecule has 0 fully saturated rings. The lowest BCUT2D eigenvalue weighted by atomic mass is 10.0. The standard InChI is InChI=1S/C33H25NO10S4.C33H27O6PS/c1-21-4-3-5-30(29(21)20-34)41-23-7-11-25(12-8-23)45-26-13-9-24(10-14-26)42-31-17-16-28(19-33(31)48(38,39)40)47(36,37)27-15-6-22(2)32(18-27)46-44-43-35;1-35-23-11-16-26(17-12-23)41-27-18-13-24(14-19-27)37-22-38-25-15-20-31(36-2)33(21-25)40(34)32-10-6-4-8-29(32)28-7-3-5-9-30(28)39-40/h3-19,35H,1-2H3,(H,38,39,40);3-21H,22H2,1-2H3. The van der Waals surface area contributed by atoms with Gasteiger partial charge in [0.25, 0.3) is 10.1 Å². The molecule has 23 heteroatoms. The minimum atomic E-state index is -4.91. The van der Waals surface area contributed by atoms with Crippen LogP contribution in [-0.4, -0.2) is 47.7 Å². The van der Waals surface area contributed by atoms with Crippen LogP contribution >= 0.6 is 42.9 Å². The van der Waals surface area contributed by atoms with Gasteiger partial charge in [0, 0.05) is 30.0 Å². The number of aryl methyl sites for hydroxylation is 2. The van der Waals surface area contributed by atoms with Gasteiger partial charge in [-0.3, -0.25) is 9.12 Å². The van der Waals surface area contributed by atoms with E-state index in [-0.39, 0.29) is 23.2 Å². The summed E-state index contributed by atoms with van der Waals surface area (Å²) in [4.78, 5) is 2.92. The van der Waals surface area contributed by atoms with Crippen LogP contribution < -0.4 is 43.6 Å². The molecule has 2 N–H and O–H groups in total. The van der Waals surface area contributed by atoms with Gasteiger partial charge in [-0.05, 0) is 194 Å². The van der Waals surface area contributed by atoms with Crippen molar-refractivity contribution >= 4 is 73.5 Å². The number of nitriles is 1. The third kappa shape index (κ3) is 15.1. The van der Waals surface area contributed by atoms with Gasteiger partial charge in [0.2, 0.25) is 16.6 Å². The first-order chi connectivity index (χ1) is 43.0. The van der Waals surface area contributed by atoms with Crippen molar-refractivity contribution in [2.75, 3.05) is 21.0 Å². The van der Waals surface area contributed by atoms with Crippen molar-refractivity contribution in [2.24, 2.45) is 0 Å². The van der Waals surface area contributed by atoms with Gasteiger partial charge in [0.05, 0.1) is 52.2 Å². The fourth-order valence-corrected chi connectivity index (χ4v) is 15.7. The number of fused-ring (bicyclic) bond motifs is 3. The molecule has 17 nitrogen and oxygen atoms in total. The quantitative estimate of drug-likeness (QED) is 0.0170. The van der Waals surface area contributed by atoms with E-state index < -0.39 is 37.1 Å². The second-order valence-electron chi connectivity index (χ2n) is 19.2. The van der Waals surface area contributed by atoms with Crippen LogP contribution in [0.1, 0.15) is 16.7 Å². The lowest BCUT2D eigenvalue weighted by molar-refractivity contribution is -0.432. The van der Waals surface area contributed by atoms with Gasteiger partial charge in [-0.15, -0.1) is 4.33 Å². The first kappa shape index (κ1) is 63.3. The number of nitrogens with zero attached hydrogens (tertiary/aromatic N) is 1. The Morgan fingerprint density at radius 1 is 0.528 bits per heavy atom. The molecular weight excluding hydrogens is 1250 g/mol. The number of methoxy groups -OCH3 is 2. The van der Waals surface area contributed by atoms with E-state index in [9.17, 15) is 31.2 Å². The Bertz CT molecular complexity index is 4510. The first-order valence-corrected chi connectivity index (χ1v) is 33.6. The molecular formula is C66H52NO16PS5. The molecule has 0 aromatic heterocycles. The van der Waals surface area contributed by atoms with Crippen molar-refractivity contribution in [1.29, 1.82) is 5.26 Å². The van der Waals surface area contributed by atoms with E-state index in [1.165, 1.54) is 30.0 Å². The molecule has 0 radical (unpaired) electrons. The maximum absolute atomic E-state index is 14.6. The van der Waals surface area contributed by atoms with Crippen molar-refractivity contribution in [3.05, 3.63) is 235 Å². The van der Waals surface area contributed by atoms with Crippen molar-refractivity contribution in [3.8, 4) is 68.9 Å². The molecule has 1 aliphatic heterocycles. The molecule has 1 unspecified atom stereocenters. The highest BCUT2D eigenvalue weighted by Gasteiger charge is 2.40. The van der Waals surface area contributed by atoms with E-state index >= 15 is 0 Å². The predicted molar refractivity (Wildman–Crippen MR) is 339 cm³/mol. The molecule has 11 rings (SSSR count). The van der Waals surface area contributed by atoms with Gasteiger partial charge in [-0.25, -0.2) is 13.7 Å². The number of benzene rings is 10. The molecule has 1 heterocycles. The topological polar surface area (TPSA) is 233 Å². The van der Waals surface area contributed by atoms with Crippen molar-refractivity contribution < 1.29 is 73.5 Å². The van der Waals surface area contributed by atoms with Gasteiger partial charge >= 0.3 is 7.37 Å². The summed E-state index contributed by atoms with van der Waals surface area (Å²) < 4.78 is 121. The average Bonchev–Trinajstić information content (AvgIpc) is 0.947. The van der Waals surface area contributed by atoms with Gasteiger partial charge in [-0.1, -0.05) is 83.2 Å². The van der Waals surface area contributed by atoms with Gasteiger partial charge in [-0.2, -0.15) is 13.7 Å². The van der Waals surface area contributed by atoms with E-state index in [0.717, 1.165) is 60.2 Å². The van der Waals surface area contributed by atoms with Gasteiger partial charge in [0.15, 0.2) is 0 Å². The highest BCUT2D eigenvalue weighted by molar-refractivity contribution is 7.99. The van der Waals surface area contributed by atoms with Crippen LogP contribution in [0.2, 0.25) is 0 Å². The Labute approximate surface area is 526 Å².